The molecule has 8 atom stereocenters. The SMILES string of the molecule is C[C@]12CC[C@H]3[C@@H](C(C#N)CC4(C#N)CC(=O)CC[C@]34C)[C@@H]1CC[C@]2(O)CCC(=O)O. The summed E-state index contributed by atoms with van der Waals surface area (Å²) in [4.78, 5) is 23.5. The van der Waals surface area contributed by atoms with Crippen molar-refractivity contribution in [1.29, 1.82) is 10.5 Å². The lowest BCUT2D eigenvalue weighted by Crippen LogP contribution is -2.62. The number of carboxylic acids is 1. The van der Waals surface area contributed by atoms with E-state index in [9.17, 15) is 25.2 Å². The molecule has 2 N–H and O–H groups in total. The second kappa shape index (κ2) is 6.79. The molecule has 0 saturated heterocycles. The lowest BCUT2D eigenvalue weighted by atomic mass is 9.38. The topological polar surface area (TPSA) is 122 Å². The average Bonchev–Trinajstić information content (AvgIpc) is 2.98. The lowest BCUT2D eigenvalue weighted by molar-refractivity contribution is -0.182. The van der Waals surface area contributed by atoms with E-state index in [4.69, 9.17) is 5.11 Å². The van der Waals surface area contributed by atoms with Crippen LogP contribution in [0, 0.1) is 62.6 Å². The van der Waals surface area contributed by atoms with Crippen LogP contribution in [-0.4, -0.2) is 27.6 Å². The number of fused-ring (bicyclic) bond motifs is 5. The summed E-state index contributed by atoms with van der Waals surface area (Å²) in [6, 6.07) is 5.02. The number of hydrogen-bond acceptors (Lipinski definition) is 5. The van der Waals surface area contributed by atoms with Gasteiger partial charge in [0.05, 0.1) is 29.1 Å². The van der Waals surface area contributed by atoms with Crippen LogP contribution in [0.25, 0.3) is 0 Å². The Morgan fingerprint density at radius 1 is 1.13 bits per heavy atom. The zero-order valence-corrected chi connectivity index (χ0v) is 18.0. The summed E-state index contributed by atoms with van der Waals surface area (Å²) in [6.45, 7) is 4.26. The zero-order valence-electron chi connectivity index (χ0n) is 18.0. The van der Waals surface area contributed by atoms with Crippen LogP contribution in [0.1, 0.15) is 78.1 Å². The second-order valence-corrected chi connectivity index (χ2v) is 11.0. The number of rotatable bonds is 3. The minimum atomic E-state index is -1.02. The van der Waals surface area contributed by atoms with E-state index in [2.05, 4.69) is 26.0 Å². The van der Waals surface area contributed by atoms with Gasteiger partial charge in [-0.3, -0.25) is 9.59 Å². The highest BCUT2D eigenvalue weighted by Crippen LogP contribution is 2.72. The van der Waals surface area contributed by atoms with E-state index >= 15 is 0 Å². The first-order valence-corrected chi connectivity index (χ1v) is 11.3. The van der Waals surface area contributed by atoms with Crippen molar-refractivity contribution in [2.75, 3.05) is 0 Å². The van der Waals surface area contributed by atoms with Crippen LogP contribution in [-0.2, 0) is 9.59 Å². The summed E-state index contributed by atoms with van der Waals surface area (Å²) in [5.41, 5.74) is -2.49. The summed E-state index contributed by atoms with van der Waals surface area (Å²) >= 11 is 0. The van der Waals surface area contributed by atoms with Crippen molar-refractivity contribution in [1.82, 2.24) is 0 Å². The van der Waals surface area contributed by atoms with Crippen molar-refractivity contribution >= 4 is 11.8 Å². The Kier molecular flexibility index (Phi) is 4.83. The maximum atomic E-state index is 12.3. The fourth-order valence-corrected chi connectivity index (χ4v) is 8.30. The molecule has 0 amide bonds. The molecule has 0 aromatic carbocycles. The standard InChI is InChI=1S/C24H32N2O4/c1-21-7-3-16(27)12-23(21,14-26)11-15(13-25)20-17(21)4-8-22(2)18(20)5-9-24(22,30)10-6-19(28)29/h15,17-18,20,30H,3-12H2,1-2H3,(H,28,29)/t15?,17-,18-,20+,21+,22-,23?,24-/m0/s1. The zero-order chi connectivity index (χ0) is 21.9. The van der Waals surface area contributed by atoms with Gasteiger partial charge in [0, 0.05) is 19.3 Å². The molecule has 0 spiro atoms. The van der Waals surface area contributed by atoms with Crippen molar-refractivity contribution in [3.63, 3.8) is 0 Å². The van der Waals surface area contributed by atoms with Crippen molar-refractivity contribution in [2.24, 2.45) is 39.9 Å². The Bertz CT molecular complexity index is 858. The Labute approximate surface area is 178 Å². The quantitative estimate of drug-likeness (QED) is 0.726. The number of nitrogens with zero attached hydrogens (tertiary/aromatic N) is 2. The van der Waals surface area contributed by atoms with Crippen LogP contribution in [0.15, 0.2) is 0 Å². The molecule has 6 nitrogen and oxygen atoms in total. The molecule has 4 saturated carbocycles. The highest BCUT2D eigenvalue weighted by molar-refractivity contribution is 5.81. The van der Waals surface area contributed by atoms with Gasteiger partial charge in [-0.2, -0.15) is 10.5 Å². The van der Waals surface area contributed by atoms with Crippen molar-refractivity contribution in [3.05, 3.63) is 0 Å². The molecule has 0 aliphatic heterocycles. The monoisotopic (exact) mass is 412 g/mol. The molecular weight excluding hydrogens is 380 g/mol. The largest absolute Gasteiger partial charge is 0.481 e. The summed E-state index contributed by atoms with van der Waals surface area (Å²) < 4.78 is 0. The van der Waals surface area contributed by atoms with Gasteiger partial charge in [0.2, 0.25) is 0 Å². The van der Waals surface area contributed by atoms with Crippen molar-refractivity contribution in [2.45, 2.75) is 83.7 Å². The van der Waals surface area contributed by atoms with Crippen LogP contribution in [0.2, 0.25) is 0 Å². The van der Waals surface area contributed by atoms with Crippen LogP contribution >= 0.6 is 0 Å². The Hall–Kier alpha value is -1.92. The summed E-state index contributed by atoms with van der Waals surface area (Å²) in [5.74, 6) is -0.648. The van der Waals surface area contributed by atoms with E-state index in [1.165, 1.54) is 0 Å². The fraction of sp³-hybridized carbons (Fsp3) is 0.833. The molecule has 0 bridgehead atoms. The average molecular weight is 413 g/mol. The molecule has 4 aliphatic carbocycles. The van der Waals surface area contributed by atoms with E-state index in [0.717, 1.165) is 19.3 Å². The smallest absolute Gasteiger partial charge is 0.303 e. The number of aliphatic hydroxyl groups is 1. The fourth-order valence-electron chi connectivity index (χ4n) is 8.30. The molecule has 0 heterocycles. The van der Waals surface area contributed by atoms with Gasteiger partial charge in [0.15, 0.2) is 0 Å². The van der Waals surface area contributed by atoms with Gasteiger partial charge in [0.25, 0.3) is 0 Å². The third kappa shape index (κ3) is 2.62. The molecule has 30 heavy (non-hydrogen) atoms. The van der Waals surface area contributed by atoms with Crippen LogP contribution < -0.4 is 0 Å². The van der Waals surface area contributed by atoms with Crippen LogP contribution in [0.3, 0.4) is 0 Å². The number of aliphatic carboxylic acids is 1. The molecule has 4 fully saturated rings. The number of Topliss-reactive ketones (excluding diaryl/α,β-unsaturated/α-hetero) is 1. The molecule has 6 heteroatoms. The lowest BCUT2D eigenvalue weighted by Gasteiger charge is -2.64. The maximum absolute atomic E-state index is 12.3. The summed E-state index contributed by atoms with van der Waals surface area (Å²) in [5, 5.41) is 41.0. The van der Waals surface area contributed by atoms with E-state index in [-0.39, 0.29) is 54.1 Å². The highest BCUT2D eigenvalue weighted by atomic mass is 16.4. The van der Waals surface area contributed by atoms with Gasteiger partial charge in [-0.05, 0) is 73.5 Å². The normalized spacial score (nSPS) is 49.8. The van der Waals surface area contributed by atoms with Crippen LogP contribution in [0.5, 0.6) is 0 Å². The Balaban J connectivity index is 1.73. The molecule has 4 rings (SSSR count). The number of carbonyl (C=O) groups is 2. The second-order valence-electron chi connectivity index (χ2n) is 11.0. The molecule has 2 unspecified atom stereocenters. The van der Waals surface area contributed by atoms with E-state index in [0.29, 0.717) is 25.7 Å². The number of hydrogen-bond donors (Lipinski definition) is 2. The third-order valence-electron chi connectivity index (χ3n) is 10.2. The van der Waals surface area contributed by atoms with Crippen LogP contribution in [0.4, 0.5) is 0 Å². The van der Waals surface area contributed by atoms with Gasteiger partial charge >= 0.3 is 5.97 Å². The summed E-state index contributed by atoms with van der Waals surface area (Å²) in [6.07, 6.45) is 5.05. The minimum Gasteiger partial charge on any atom is -0.481 e. The number of carboxylic acid groups (broad SMARTS) is 1. The predicted molar refractivity (Wildman–Crippen MR) is 108 cm³/mol. The van der Waals surface area contributed by atoms with E-state index < -0.39 is 22.4 Å². The molecule has 0 aromatic heterocycles. The number of ketones is 1. The van der Waals surface area contributed by atoms with E-state index in [1.54, 1.807) is 0 Å². The van der Waals surface area contributed by atoms with Gasteiger partial charge in [-0.15, -0.1) is 0 Å². The van der Waals surface area contributed by atoms with Gasteiger partial charge in [0.1, 0.15) is 5.78 Å². The predicted octanol–water partition coefficient (Wildman–Crippen LogP) is 3.84. The number of carbonyl (C=O) groups excluding carboxylic acids is 1. The molecule has 0 radical (unpaired) electrons. The van der Waals surface area contributed by atoms with Crippen molar-refractivity contribution < 1.29 is 19.8 Å². The first-order chi connectivity index (χ1) is 14.1. The first kappa shape index (κ1) is 21.3. The first-order valence-electron chi connectivity index (χ1n) is 11.3. The Morgan fingerprint density at radius 2 is 1.80 bits per heavy atom. The van der Waals surface area contributed by atoms with Crippen molar-refractivity contribution in [3.8, 4) is 12.1 Å². The maximum Gasteiger partial charge on any atom is 0.303 e. The minimum absolute atomic E-state index is 0.0496. The van der Waals surface area contributed by atoms with Gasteiger partial charge in [-0.1, -0.05) is 13.8 Å². The molecule has 162 valence electrons. The Morgan fingerprint density at radius 3 is 2.43 bits per heavy atom. The van der Waals surface area contributed by atoms with Gasteiger partial charge in [-0.25, -0.2) is 0 Å². The molecule has 0 aromatic rings. The third-order valence-corrected chi connectivity index (χ3v) is 10.2. The molecule has 4 aliphatic rings. The van der Waals surface area contributed by atoms with Gasteiger partial charge < -0.3 is 10.2 Å². The number of nitriles is 2. The summed E-state index contributed by atoms with van der Waals surface area (Å²) in [7, 11) is 0. The molecular formula is C24H32N2O4. The highest BCUT2D eigenvalue weighted by Gasteiger charge is 2.69. The van der Waals surface area contributed by atoms with E-state index in [1.807, 2.05) is 0 Å².